The molecule has 0 radical (unpaired) electrons. The Morgan fingerprint density at radius 1 is 1.37 bits per heavy atom. The summed E-state index contributed by atoms with van der Waals surface area (Å²) in [6.07, 6.45) is 2.44. The summed E-state index contributed by atoms with van der Waals surface area (Å²) in [5.41, 5.74) is 4.91. The number of hydrogen-bond donors (Lipinski definition) is 1. The second-order valence-corrected chi connectivity index (χ2v) is 7.43. The van der Waals surface area contributed by atoms with Gasteiger partial charge in [-0.15, -0.1) is 0 Å². The fraction of sp³-hybridized carbons (Fsp3) is 0.917. The summed E-state index contributed by atoms with van der Waals surface area (Å²) < 4.78 is 26.9. The van der Waals surface area contributed by atoms with Crippen LogP contribution in [-0.2, 0) is 19.4 Å². The maximum Gasteiger partial charge on any atom is 0.325 e. The van der Waals surface area contributed by atoms with Crippen LogP contribution < -0.4 is 5.73 Å². The van der Waals surface area contributed by atoms with Crippen molar-refractivity contribution in [3.63, 3.8) is 0 Å². The smallest absolute Gasteiger partial charge is 0.325 e. The first-order valence-electron chi connectivity index (χ1n) is 6.41. The Morgan fingerprint density at radius 2 is 1.95 bits per heavy atom. The molecule has 19 heavy (non-hydrogen) atoms. The van der Waals surface area contributed by atoms with Crippen LogP contribution in [0.25, 0.3) is 0 Å². The summed E-state index contributed by atoms with van der Waals surface area (Å²) in [4.78, 5) is 13.5. The lowest BCUT2D eigenvalue weighted by atomic mass is 9.97. The molecular formula is C12H26N2O4S. The molecule has 0 aliphatic carbocycles. The van der Waals surface area contributed by atoms with Crippen molar-refractivity contribution < 1.29 is 17.9 Å². The van der Waals surface area contributed by atoms with E-state index >= 15 is 0 Å². The largest absolute Gasteiger partial charge is 0.465 e. The number of carbonyl (C=O) groups is 1. The van der Waals surface area contributed by atoms with Crippen molar-refractivity contribution in [1.82, 2.24) is 4.90 Å². The Hall–Kier alpha value is -0.660. The summed E-state index contributed by atoms with van der Waals surface area (Å²) >= 11 is 0. The molecule has 0 aromatic heterocycles. The van der Waals surface area contributed by atoms with Crippen LogP contribution in [0.4, 0.5) is 0 Å². The maximum absolute atomic E-state index is 11.6. The molecule has 0 aliphatic heterocycles. The topological polar surface area (TPSA) is 89.7 Å². The number of nitrogens with two attached hydrogens (primary N) is 1. The van der Waals surface area contributed by atoms with Gasteiger partial charge in [0.15, 0.2) is 0 Å². The standard InChI is InChI=1S/C12H26N2O4S/c1-5-18-11(15)12(2,13)7-6-8-14(3)9-10-19(4,16)17/h5-10,13H2,1-4H3. The van der Waals surface area contributed by atoms with Crippen molar-refractivity contribution in [2.75, 3.05) is 38.8 Å². The van der Waals surface area contributed by atoms with Crippen LogP contribution in [0.2, 0.25) is 0 Å². The van der Waals surface area contributed by atoms with E-state index in [2.05, 4.69) is 0 Å². The second kappa shape index (κ2) is 7.81. The molecule has 0 saturated carbocycles. The summed E-state index contributed by atoms with van der Waals surface area (Å²) in [6.45, 7) is 4.90. The molecule has 0 aliphatic rings. The normalized spacial score (nSPS) is 15.3. The third-order valence-corrected chi connectivity index (χ3v) is 3.75. The molecule has 0 heterocycles. The molecule has 114 valence electrons. The summed E-state index contributed by atoms with van der Waals surface area (Å²) in [5, 5.41) is 0. The molecule has 0 rings (SSSR count). The Morgan fingerprint density at radius 3 is 2.42 bits per heavy atom. The zero-order chi connectivity index (χ0) is 15.1. The van der Waals surface area contributed by atoms with Gasteiger partial charge in [0, 0.05) is 12.8 Å². The van der Waals surface area contributed by atoms with Gasteiger partial charge in [0.05, 0.1) is 12.4 Å². The highest BCUT2D eigenvalue weighted by molar-refractivity contribution is 7.90. The van der Waals surface area contributed by atoms with Gasteiger partial charge in [0.2, 0.25) is 0 Å². The predicted octanol–water partition coefficient (Wildman–Crippen LogP) is 0.0235. The van der Waals surface area contributed by atoms with E-state index in [1.54, 1.807) is 13.8 Å². The Labute approximate surface area is 116 Å². The summed E-state index contributed by atoms with van der Waals surface area (Å²) in [6, 6.07) is 0. The van der Waals surface area contributed by atoms with Crippen LogP contribution in [0, 0.1) is 0 Å². The maximum atomic E-state index is 11.6. The third kappa shape index (κ3) is 8.96. The molecule has 0 spiro atoms. The van der Waals surface area contributed by atoms with Crippen molar-refractivity contribution >= 4 is 15.8 Å². The molecule has 1 atom stereocenters. The molecule has 2 N–H and O–H groups in total. The first-order valence-corrected chi connectivity index (χ1v) is 8.47. The molecule has 0 aromatic carbocycles. The van der Waals surface area contributed by atoms with E-state index in [1.165, 1.54) is 6.26 Å². The van der Waals surface area contributed by atoms with Gasteiger partial charge in [-0.1, -0.05) is 0 Å². The van der Waals surface area contributed by atoms with Gasteiger partial charge in [0.25, 0.3) is 0 Å². The molecule has 0 fully saturated rings. The van der Waals surface area contributed by atoms with Gasteiger partial charge >= 0.3 is 5.97 Å². The molecule has 0 saturated heterocycles. The van der Waals surface area contributed by atoms with Crippen LogP contribution in [0.5, 0.6) is 0 Å². The molecule has 0 amide bonds. The zero-order valence-electron chi connectivity index (χ0n) is 12.3. The van der Waals surface area contributed by atoms with E-state index in [0.717, 1.165) is 0 Å². The van der Waals surface area contributed by atoms with Gasteiger partial charge in [-0.3, -0.25) is 4.79 Å². The van der Waals surface area contributed by atoms with Crippen molar-refractivity contribution in [3.8, 4) is 0 Å². The van der Waals surface area contributed by atoms with Crippen LogP contribution in [-0.4, -0.2) is 63.6 Å². The minimum Gasteiger partial charge on any atom is -0.465 e. The number of hydrogen-bond acceptors (Lipinski definition) is 6. The highest BCUT2D eigenvalue weighted by Crippen LogP contribution is 2.11. The average molecular weight is 294 g/mol. The average Bonchev–Trinajstić information content (AvgIpc) is 2.25. The van der Waals surface area contributed by atoms with Crippen molar-refractivity contribution in [2.24, 2.45) is 5.73 Å². The van der Waals surface area contributed by atoms with E-state index in [4.69, 9.17) is 10.5 Å². The van der Waals surface area contributed by atoms with Crippen molar-refractivity contribution in [3.05, 3.63) is 0 Å². The van der Waals surface area contributed by atoms with Crippen LogP contribution in [0.1, 0.15) is 26.7 Å². The van der Waals surface area contributed by atoms with Crippen LogP contribution >= 0.6 is 0 Å². The molecule has 7 heteroatoms. The molecule has 1 unspecified atom stereocenters. The summed E-state index contributed by atoms with van der Waals surface area (Å²) in [7, 11) is -1.08. The van der Waals surface area contributed by atoms with E-state index < -0.39 is 21.3 Å². The van der Waals surface area contributed by atoms with E-state index in [9.17, 15) is 13.2 Å². The van der Waals surface area contributed by atoms with Gasteiger partial charge in [-0.05, 0) is 40.3 Å². The lowest BCUT2D eigenvalue weighted by Crippen LogP contribution is -2.46. The number of nitrogens with zero attached hydrogens (tertiary/aromatic N) is 1. The Kier molecular flexibility index (Phi) is 7.54. The summed E-state index contributed by atoms with van der Waals surface area (Å²) in [5.74, 6) is -0.254. The fourth-order valence-electron chi connectivity index (χ4n) is 1.55. The second-order valence-electron chi connectivity index (χ2n) is 5.17. The Balaban J connectivity index is 3.98. The first-order chi connectivity index (χ1) is 8.58. The zero-order valence-corrected chi connectivity index (χ0v) is 13.1. The van der Waals surface area contributed by atoms with Crippen LogP contribution in [0.3, 0.4) is 0 Å². The SMILES string of the molecule is CCOC(=O)C(C)(N)CCCN(C)CCS(C)(=O)=O. The lowest BCUT2D eigenvalue weighted by Gasteiger charge is -2.23. The van der Waals surface area contributed by atoms with E-state index in [0.29, 0.717) is 32.5 Å². The van der Waals surface area contributed by atoms with Crippen molar-refractivity contribution in [1.29, 1.82) is 0 Å². The molecule has 6 nitrogen and oxygen atoms in total. The number of rotatable bonds is 9. The van der Waals surface area contributed by atoms with Crippen LogP contribution in [0.15, 0.2) is 0 Å². The number of ether oxygens (including phenoxy) is 1. The van der Waals surface area contributed by atoms with E-state index in [1.807, 2.05) is 11.9 Å². The monoisotopic (exact) mass is 294 g/mol. The van der Waals surface area contributed by atoms with Gasteiger partial charge in [0.1, 0.15) is 15.4 Å². The van der Waals surface area contributed by atoms with Gasteiger partial charge < -0.3 is 15.4 Å². The van der Waals surface area contributed by atoms with E-state index in [-0.39, 0.29) is 5.75 Å². The minimum absolute atomic E-state index is 0.140. The number of carbonyl (C=O) groups excluding carboxylic acids is 1. The first kappa shape index (κ1) is 18.3. The van der Waals surface area contributed by atoms with Crippen molar-refractivity contribution in [2.45, 2.75) is 32.2 Å². The van der Waals surface area contributed by atoms with Gasteiger partial charge in [-0.2, -0.15) is 0 Å². The third-order valence-electron chi connectivity index (χ3n) is 2.82. The fourth-order valence-corrected chi connectivity index (χ4v) is 2.19. The molecule has 0 bridgehead atoms. The quantitative estimate of drug-likeness (QED) is 0.603. The Bertz CT molecular complexity index is 379. The molecule has 0 aromatic rings. The molecular weight excluding hydrogens is 268 g/mol. The highest BCUT2D eigenvalue weighted by atomic mass is 32.2. The minimum atomic E-state index is -2.93. The number of esters is 1. The highest BCUT2D eigenvalue weighted by Gasteiger charge is 2.29. The predicted molar refractivity (Wildman–Crippen MR) is 75.7 cm³/mol. The lowest BCUT2D eigenvalue weighted by molar-refractivity contribution is -0.149. The number of sulfone groups is 1. The van der Waals surface area contributed by atoms with Gasteiger partial charge in [-0.25, -0.2) is 8.42 Å².